The van der Waals surface area contributed by atoms with Gasteiger partial charge in [0, 0.05) is 17.4 Å². The number of rotatable bonds is 8. The summed E-state index contributed by atoms with van der Waals surface area (Å²) in [6.45, 7) is 4.69. The molecular formula is C32H36N2O4S2. The molecule has 1 N–H and O–H groups in total. The molecule has 8 heteroatoms. The van der Waals surface area contributed by atoms with Crippen LogP contribution in [0.5, 0.6) is 0 Å². The Labute approximate surface area is 241 Å². The molecule has 40 heavy (non-hydrogen) atoms. The number of anilines is 1. The molecule has 1 aliphatic heterocycles. The lowest BCUT2D eigenvalue weighted by atomic mass is 10.0. The predicted octanol–water partition coefficient (Wildman–Crippen LogP) is 6.48. The lowest BCUT2D eigenvalue weighted by molar-refractivity contribution is 0.0950. The van der Waals surface area contributed by atoms with E-state index < -0.39 is 15.7 Å². The molecule has 3 aromatic rings. The van der Waals surface area contributed by atoms with Gasteiger partial charge in [0.1, 0.15) is 0 Å². The fraction of sp³-hybridized carbons (Fsp3) is 0.375. The summed E-state index contributed by atoms with van der Waals surface area (Å²) >= 11 is 2.00. The van der Waals surface area contributed by atoms with Crippen LogP contribution in [-0.2, 0) is 16.4 Å². The highest BCUT2D eigenvalue weighted by Gasteiger charge is 2.36. The van der Waals surface area contributed by atoms with E-state index in [1.54, 1.807) is 24.3 Å². The smallest absolute Gasteiger partial charge is 0.259 e. The Morgan fingerprint density at radius 3 is 2.55 bits per heavy atom. The number of nitrogens with zero attached hydrogens (tertiary/aromatic N) is 1. The first-order valence-electron chi connectivity index (χ1n) is 14.0. The summed E-state index contributed by atoms with van der Waals surface area (Å²) < 4.78 is 27.5. The molecule has 1 aliphatic carbocycles. The zero-order valence-electron chi connectivity index (χ0n) is 23.1. The van der Waals surface area contributed by atoms with Gasteiger partial charge in [-0.05, 0) is 80.3 Å². The lowest BCUT2D eigenvalue weighted by Crippen LogP contribution is -2.31. The van der Waals surface area contributed by atoms with Gasteiger partial charge < -0.3 is 10.2 Å². The van der Waals surface area contributed by atoms with E-state index in [1.807, 2.05) is 43.8 Å². The van der Waals surface area contributed by atoms with Crippen LogP contribution in [0.2, 0.25) is 0 Å². The molecule has 0 radical (unpaired) electrons. The van der Waals surface area contributed by atoms with E-state index >= 15 is 0 Å². The van der Waals surface area contributed by atoms with Gasteiger partial charge in [0.05, 0.1) is 27.6 Å². The van der Waals surface area contributed by atoms with Crippen molar-refractivity contribution in [2.24, 2.45) is 0 Å². The molecule has 1 fully saturated rings. The molecule has 0 aromatic heterocycles. The maximum Gasteiger partial charge on any atom is 0.259 e. The van der Waals surface area contributed by atoms with Crippen molar-refractivity contribution in [3.05, 3.63) is 88.5 Å². The number of carbonyl (C=O) groups is 2. The highest BCUT2D eigenvalue weighted by atomic mass is 32.2. The first kappa shape index (κ1) is 28.4. The summed E-state index contributed by atoms with van der Waals surface area (Å²) in [7, 11) is -3.99. The maximum absolute atomic E-state index is 13.9. The van der Waals surface area contributed by atoms with Crippen LogP contribution in [0.3, 0.4) is 0 Å². The monoisotopic (exact) mass is 576 g/mol. The molecule has 2 aliphatic rings. The quantitative estimate of drug-likeness (QED) is 0.310. The van der Waals surface area contributed by atoms with Crippen molar-refractivity contribution in [2.45, 2.75) is 74.0 Å². The number of hydrogen-bond acceptors (Lipinski definition) is 5. The molecule has 3 aromatic carbocycles. The number of carbonyl (C=O) groups excluding carboxylic acids is 2. The van der Waals surface area contributed by atoms with Crippen molar-refractivity contribution in [1.82, 2.24) is 5.32 Å². The molecule has 1 saturated carbocycles. The highest BCUT2D eigenvalue weighted by molar-refractivity contribution is 7.99. The number of fused-ring (bicyclic) bond motifs is 2. The largest absolute Gasteiger partial charge is 0.352 e. The van der Waals surface area contributed by atoms with Gasteiger partial charge in [-0.3, -0.25) is 9.59 Å². The first-order chi connectivity index (χ1) is 19.3. The minimum absolute atomic E-state index is 0.0163. The van der Waals surface area contributed by atoms with E-state index in [1.165, 1.54) is 55.2 Å². The van der Waals surface area contributed by atoms with Crippen LogP contribution in [0.15, 0.2) is 70.5 Å². The number of sulfone groups is 1. The van der Waals surface area contributed by atoms with Crippen molar-refractivity contribution >= 4 is 39.1 Å². The third-order valence-electron chi connectivity index (χ3n) is 7.80. The number of benzene rings is 3. The molecule has 6 nitrogen and oxygen atoms in total. The first-order valence-corrected chi connectivity index (χ1v) is 16.5. The number of nitrogens with one attached hydrogen (secondary N) is 1. The Hall–Kier alpha value is -3.10. The van der Waals surface area contributed by atoms with Crippen molar-refractivity contribution < 1.29 is 18.0 Å². The van der Waals surface area contributed by atoms with Gasteiger partial charge >= 0.3 is 0 Å². The van der Waals surface area contributed by atoms with Gasteiger partial charge in [0.2, 0.25) is 9.84 Å². The van der Waals surface area contributed by atoms with Crippen molar-refractivity contribution in [2.75, 3.05) is 17.2 Å². The van der Waals surface area contributed by atoms with Gasteiger partial charge in [0.25, 0.3) is 11.8 Å². The summed E-state index contributed by atoms with van der Waals surface area (Å²) in [6, 6.07) is 16.9. The maximum atomic E-state index is 13.9. The second kappa shape index (κ2) is 12.2. The molecule has 0 spiro atoms. The minimum atomic E-state index is -3.99. The second-order valence-corrected chi connectivity index (χ2v) is 14.0. The van der Waals surface area contributed by atoms with Gasteiger partial charge in [0.15, 0.2) is 0 Å². The Bertz CT molecular complexity index is 1530. The minimum Gasteiger partial charge on any atom is -0.352 e. The SMILES string of the molecule is Cc1ccc(C)c(CN2C(=O)c3ccccc3S(=O)(=O)c3ccc(C(=O)NCCCSC4CCCCC4)cc32)c1. The van der Waals surface area contributed by atoms with Gasteiger partial charge in [-0.15, -0.1) is 0 Å². The average molecular weight is 577 g/mol. The van der Waals surface area contributed by atoms with Crippen LogP contribution in [0.4, 0.5) is 5.69 Å². The zero-order chi connectivity index (χ0) is 28.3. The summed E-state index contributed by atoms with van der Waals surface area (Å²) in [5.41, 5.74) is 3.65. The third-order valence-corrected chi connectivity index (χ3v) is 11.1. The van der Waals surface area contributed by atoms with E-state index in [2.05, 4.69) is 5.32 Å². The normalized spacial score (nSPS) is 16.6. The average Bonchev–Trinajstić information content (AvgIpc) is 3.03. The summed E-state index contributed by atoms with van der Waals surface area (Å²) in [5, 5.41) is 3.72. The summed E-state index contributed by atoms with van der Waals surface area (Å²) in [5.74, 6) is 0.323. The van der Waals surface area contributed by atoms with Crippen LogP contribution < -0.4 is 10.2 Å². The molecule has 0 bridgehead atoms. The van der Waals surface area contributed by atoms with Crippen molar-refractivity contribution in [3.63, 3.8) is 0 Å². The molecule has 5 rings (SSSR count). The molecule has 0 unspecified atom stereocenters. The van der Waals surface area contributed by atoms with Crippen LogP contribution in [0.1, 0.15) is 75.9 Å². The third kappa shape index (κ3) is 5.98. The predicted molar refractivity (Wildman–Crippen MR) is 161 cm³/mol. The van der Waals surface area contributed by atoms with Gasteiger partial charge in [-0.25, -0.2) is 8.42 Å². The van der Waals surface area contributed by atoms with E-state index in [0.29, 0.717) is 12.1 Å². The Kier molecular flexibility index (Phi) is 8.66. The van der Waals surface area contributed by atoms with Gasteiger partial charge in [-0.1, -0.05) is 55.2 Å². The Balaban J connectivity index is 1.42. The Morgan fingerprint density at radius 1 is 0.975 bits per heavy atom. The van der Waals surface area contributed by atoms with Crippen LogP contribution in [0.25, 0.3) is 0 Å². The molecular weight excluding hydrogens is 540 g/mol. The molecule has 2 amide bonds. The number of aryl methyl sites for hydroxylation is 2. The fourth-order valence-electron chi connectivity index (χ4n) is 5.50. The summed E-state index contributed by atoms with van der Waals surface area (Å²) in [4.78, 5) is 28.5. The van der Waals surface area contributed by atoms with Crippen molar-refractivity contribution in [3.8, 4) is 0 Å². The number of thioether (sulfide) groups is 1. The number of hydrogen-bond donors (Lipinski definition) is 1. The standard InChI is InChI=1S/C32H36N2O4S2/c1-22-13-14-23(2)25(19-22)21-34-28-20-24(31(35)33-17-8-18-39-26-9-4-3-5-10-26)15-16-30(28)40(37,38)29-12-7-6-11-27(29)32(34)36/h6-7,11-16,19-20,26H,3-5,8-10,17-18,21H2,1-2H3,(H,33,35). The second-order valence-electron chi connectivity index (χ2n) is 10.7. The van der Waals surface area contributed by atoms with Gasteiger partial charge in [-0.2, -0.15) is 11.8 Å². The molecule has 1 heterocycles. The summed E-state index contributed by atoms with van der Waals surface area (Å²) in [6.07, 6.45) is 7.42. The lowest BCUT2D eigenvalue weighted by Gasteiger charge is -2.24. The van der Waals surface area contributed by atoms with E-state index in [-0.39, 0.29) is 33.5 Å². The van der Waals surface area contributed by atoms with E-state index in [9.17, 15) is 18.0 Å². The van der Waals surface area contributed by atoms with Crippen LogP contribution in [0, 0.1) is 13.8 Å². The Morgan fingerprint density at radius 2 is 1.75 bits per heavy atom. The van der Waals surface area contributed by atoms with Crippen LogP contribution >= 0.6 is 11.8 Å². The number of amides is 2. The zero-order valence-corrected chi connectivity index (χ0v) is 24.7. The van der Waals surface area contributed by atoms with Crippen molar-refractivity contribution in [1.29, 1.82) is 0 Å². The molecule has 0 atom stereocenters. The fourth-order valence-corrected chi connectivity index (χ4v) is 8.45. The topological polar surface area (TPSA) is 83.6 Å². The highest BCUT2D eigenvalue weighted by Crippen LogP contribution is 2.38. The molecule has 0 saturated heterocycles. The molecule has 210 valence electrons. The van der Waals surface area contributed by atoms with E-state index in [4.69, 9.17) is 0 Å². The van der Waals surface area contributed by atoms with E-state index in [0.717, 1.165) is 34.1 Å². The van der Waals surface area contributed by atoms with Crippen LogP contribution in [-0.4, -0.2) is 37.8 Å².